The number of nitrogens with zero attached hydrogens (tertiary/aromatic N) is 2. The van der Waals surface area contributed by atoms with E-state index in [1.165, 1.54) is 0 Å². The van der Waals surface area contributed by atoms with Gasteiger partial charge in [0.15, 0.2) is 0 Å². The first-order valence-corrected chi connectivity index (χ1v) is 14.8. The maximum atomic E-state index is 9.35. The van der Waals surface area contributed by atoms with E-state index in [2.05, 4.69) is 31.0 Å². The lowest BCUT2D eigenvalue weighted by molar-refractivity contribution is 0.660. The van der Waals surface area contributed by atoms with Gasteiger partial charge in [-0.25, -0.2) is 4.98 Å². The quantitative estimate of drug-likeness (QED) is 0.188. The van der Waals surface area contributed by atoms with Crippen molar-refractivity contribution >= 4 is 32.6 Å². The number of aryl methyl sites for hydroxylation is 1. The van der Waals surface area contributed by atoms with E-state index < -0.39 is 36.4 Å². The van der Waals surface area contributed by atoms with Crippen molar-refractivity contribution in [1.82, 2.24) is 9.55 Å². The minimum atomic E-state index is -2.54. The molecule has 45 heavy (non-hydrogen) atoms. The van der Waals surface area contributed by atoms with Gasteiger partial charge in [-0.15, -0.1) is 0 Å². The number of benzene rings is 7. The van der Waals surface area contributed by atoms with Crippen molar-refractivity contribution in [3.63, 3.8) is 0 Å². The number of hydrogen-bond donors (Lipinski definition) is 0. The van der Waals surface area contributed by atoms with Crippen LogP contribution in [0.4, 0.5) is 0 Å². The number of para-hydroxylation sites is 2. The summed E-state index contributed by atoms with van der Waals surface area (Å²) in [5, 5.41) is 0.475. The first-order chi connectivity index (χ1) is 26.5. The Morgan fingerprint density at radius 2 is 1.20 bits per heavy atom. The van der Waals surface area contributed by atoms with Gasteiger partial charge in [-0.3, -0.25) is 4.57 Å². The molecule has 0 radical (unpaired) electrons. The second-order valence-corrected chi connectivity index (χ2v) is 12.0. The maximum Gasteiger partial charge on any atom is 0.111 e. The Morgan fingerprint density at radius 1 is 0.622 bits per heavy atom. The predicted octanol–water partition coefficient (Wildman–Crippen LogP) is 11.3. The fourth-order valence-corrected chi connectivity index (χ4v) is 7.13. The van der Waals surface area contributed by atoms with Gasteiger partial charge in [0, 0.05) is 15.2 Å². The van der Waals surface area contributed by atoms with Gasteiger partial charge >= 0.3 is 0 Å². The molecule has 1 aliphatic carbocycles. The van der Waals surface area contributed by atoms with Crippen LogP contribution in [0.1, 0.15) is 45.9 Å². The zero-order chi connectivity index (χ0) is 39.7. The van der Waals surface area contributed by atoms with Crippen molar-refractivity contribution < 1.29 is 15.1 Å². The maximum absolute atomic E-state index is 9.35. The van der Waals surface area contributed by atoms with Gasteiger partial charge in [-0.1, -0.05) is 123 Å². The molecule has 7 aromatic carbocycles. The summed E-state index contributed by atoms with van der Waals surface area (Å²) >= 11 is 0. The van der Waals surface area contributed by atoms with E-state index in [9.17, 15) is 5.48 Å². The van der Waals surface area contributed by atoms with Crippen LogP contribution in [0.5, 0.6) is 0 Å². The number of imidazole rings is 1. The molecule has 214 valence electrons. The lowest BCUT2D eigenvalue weighted by Crippen LogP contribution is -2.14. The fourth-order valence-electron chi connectivity index (χ4n) is 7.13. The molecule has 0 amide bonds. The number of aromatic nitrogens is 2. The van der Waals surface area contributed by atoms with Crippen molar-refractivity contribution in [3.05, 3.63) is 156 Å². The van der Waals surface area contributed by atoms with Crippen molar-refractivity contribution in [2.75, 3.05) is 0 Å². The Morgan fingerprint density at radius 3 is 1.89 bits per heavy atom. The Balaban J connectivity index is 1.40. The third-order valence-corrected chi connectivity index (χ3v) is 9.22. The normalized spacial score (nSPS) is 17.2. The monoisotopic (exact) mass is 587 g/mol. The van der Waals surface area contributed by atoms with Crippen LogP contribution in [0, 0.1) is 6.85 Å². The molecule has 0 spiro atoms. The molecule has 0 fully saturated rings. The van der Waals surface area contributed by atoms with E-state index in [1.807, 2.05) is 30.3 Å². The highest BCUT2D eigenvalue weighted by Crippen LogP contribution is 2.51. The molecule has 9 rings (SSSR count). The van der Waals surface area contributed by atoms with Gasteiger partial charge < -0.3 is 0 Å². The topological polar surface area (TPSA) is 17.8 Å². The summed E-state index contributed by atoms with van der Waals surface area (Å²) < 4.78 is 98.7. The van der Waals surface area contributed by atoms with Crippen LogP contribution in [0.3, 0.4) is 0 Å². The van der Waals surface area contributed by atoms with Gasteiger partial charge in [0.25, 0.3) is 0 Å². The Bertz CT molecular complexity index is 2930. The molecular weight excluding hydrogens is 544 g/mol. The first kappa shape index (κ1) is 17.1. The van der Waals surface area contributed by atoms with Crippen LogP contribution in [-0.2, 0) is 5.41 Å². The second-order valence-electron chi connectivity index (χ2n) is 12.0. The molecule has 1 heterocycles. The number of hydrogen-bond acceptors (Lipinski definition) is 1. The van der Waals surface area contributed by atoms with Crippen molar-refractivity contribution in [1.29, 1.82) is 0 Å². The first-order valence-electron chi connectivity index (χ1n) is 20.3. The molecule has 0 atom stereocenters. The van der Waals surface area contributed by atoms with Crippen molar-refractivity contribution in [3.8, 4) is 39.1 Å². The third-order valence-electron chi connectivity index (χ3n) is 9.22. The minimum Gasteiger partial charge on any atom is -0.297 e. The highest BCUT2D eigenvalue weighted by atomic mass is 15.1. The molecular formula is C43H32N2. The molecule has 1 aromatic heterocycles. The molecule has 0 aliphatic heterocycles. The number of rotatable bonds is 3. The minimum absolute atomic E-state index is 0.107. The van der Waals surface area contributed by atoms with Gasteiger partial charge in [0.2, 0.25) is 0 Å². The zero-order valence-electron chi connectivity index (χ0n) is 35.6. The van der Waals surface area contributed by atoms with Crippen LogP contribution in [-0.4, -0.2) is 9.55 Å². The molecule has 1 aliphatic rings. The average molecular weight is 588 g/mol. The van der Waals surface area contributed by atoms with Crippen LogP contribution >= 0.6 is 0 Å². The SMILES string of the molecule is [2H]c1c([2H])c([2H])c2c(-c3ccc4c(c3)C(C)(C)c3ccccc3-4)c3c([2H])c([2H])c([2H])c([2H])c3c(-c3ccc(-n4c(C([2H])([2H])[2H])nc5ccccc54)cc3)c2c1[2H]. The van der Waals surface area contributed by atoms with Crippen molar-refractivity contribution in [2.24, 2.45) is 0 Å². The van der Waals surface area contributed by atoms with E-state index in [1.54, 1.807) is 53.1 Å². The molecule has 0 saturated carbocycles. The van der Waals surface area contributed by atoms with E-state index in [0.717, 1.165) is 22.3 Å². The summed E-state index contributed by atoms with van der Waals surface area (Å²) in [6.07, 6.45) is 0. The summed E-state index contributed by atoms with van der Waals surface area (Å²) in [6.45, 7) is 1.70. The molecule has 0 unspecified atom stereocenters. The third kappa shape index (κ3) is 3.72. The second kappa shape index (κ2) is 9.51. The molecule has 0 N–H and O–H groups in total. The van der Waals surface area contributed by atoms with Crippen LogP contribution in [0.2, 0.25) is 0 Å². The van der Waals surface area contributed by atoms with Crippen LogP contribution in [0.25, 0.3) is 71.6 Å². The summed E-state index contributed by atoms with van der Waals surface area (Å²) in [5.74, 6) is -0.129. The number of fused-ring (bicyclic) bond motifs is 6. The molecule has 0 bridgehead atoms. The molecule has 2 heteroatoms. The summed E-state index contributed by atoms with van der Waals surface area (Å²) in [4.78, 5) is 4.41. The summed E-state index contributed by atoms with van der Waals surface area (Å²) in [5.41, 5.74) is 6.84. The predicted molar refractivity (Wildman–Crippen MR) is 189 cm³/mol. The lowest BCUT2D eigenvalue weighted by atomic mass is 9.80. The van der Waals surface area contributed by atoms with Crippen molar-refractivity contribution in [2.45, 2.75) is 26.1 Å². The Kier molecular flexibility index (Phi) is 3.62. The zero-order valence-corrected chi connectivity index (χ0v) is 24.6. The van der Waals surface area contributed by atoms with Gasteiger partial charge in [0.1, 0.15) is 5.82 Å². The standard InChI is InChI=1S/C43H32N2/c1-27-44-39-18-10-11-19-40(39)45(27)30-23-20-28(21-24-30)41-33-13-4-6-15-35(33)42(36-16-7-5-14-34(36)41)29-22-25-32-31-12-8-9-17-37(31)43(2,3)38(32)26-29/h4-26H,1-3H3/i1D3,4D,5D,6D,7D,13D,14D,15D,16D. The summed E-state index contributed by atoms with van der Waals surface area (Å²) in [6, 6.07) is 24.5. The van der Waals surface area contributed by atoms with E-state index in [4.69, 9.17) is 9.60 Å². The van der Waals surface area contributed by atoms with Gasteiger partial charge in [-0.05, 0) is 103 Å². The van der Waals surface area contributed by atoms with E-state index >= 15 is 0 Å². The Labute approximate surface area is 278 Å². The van der Waals surface area contributed by atoms with Crippen LogP contribution in [0.15, 0.2) is 139 Å². The highest BCUT2D eigenvalue weighted by Gasteiger charge is 2.35. The molecule has 0 saturated heterocycles. The largest absolute Gasteiger partial charge is 0.297 e. The van der Waals surface area contributed by atoms with E-state index in [0.29, 0.717) is 27.8 Å². The summed E-state index contributed by atoms with van der Waals surface area (Å²) in [7, 11) is 0. The Hall–Kier alpha value is -5.47. The van der Waals surface area contributed by atoms with Crippen LogP contribution < -0.4 is 0 Å². The highest BCUT2D eigenvalue weighted by molar-refractivity contribution is 6.21. The lowest BCUT2D eigenvalue weighted by Gasteiger charge is -2.23. The smallest absolute Gasteiger partial charge is 0.111 e. The molecule has 2 nitrogen and oxygen atoms in total. The average Bonchev–Trinajstić information content (AvgIpc) is 3.70. The fraction of sp³-hybridized carbons (Fsp3) is 0.0930. The molecule has 8 aromatic rings. The van der Waals surface area contributed by atoms with Gasteiger partial charge in [-0.2, -0.15) is 0 Å². The van der Waals surface area contributed by atoms with Gasteiger partial charge in [0.05, 0.1) is 22.0 Å². The van der Waals surface area contributed by atoms with E-state index in [-0.39, 0.29) is 62.7 Å².